The molecular weight excluding hydrogens is 372 g/mol. The van der Waals surface area contributed by atoms with Crippen LogP contribution in [0.25, 0.3) is 11.0 Å². The Balaban J connectivity index is 2.17. The quantitative estimate of drug-likeness (QED) is 0.666. The molecule has 0 bridgehead atoms. The molecule has 0 aliphatic carbocycles. The van der Waals surface area contributed by atoms with Crippen LogP contribution in [0.5, 0.6) is 0 Å². The van der Waals surface area contributed by atoms with Crippen LogP contribution in [0, 0.1) is 0 Å². The minimum Gasteiger partial charge on any atom is -0.380 e. The summed E-state index contributed by atoms with van der Waals surface area (Å²) in [5.74, 6) is -0.434. The molecule has 0 radical (unpaired) electrons. The highest BCUT2D eigenvalue weighted by Gasteiger charge is 2.20. The van der Waals surface area contributed by atoms with Crippen molar-refractivity contribution in [2.75, 3.05) is 12.4 Å². The molecule has 29 heavy (non-hydrogen) atoms. The first-order valence-corrected chi connectivity index (χ1v) is 9.42. The molecule has 2 aromatic heterocycles. The average Bonchev–Trinajstić information content (AvgIpc) is 2.67. The molecule has 0 aliphatic heterocycles. The van der Waals surface area contributed by atoms with Gasteiger partial charge in [0.2, 0.25) is 0 Å². The molecule has 1 amide bonds. The van der Waals surface area contributed by atoms with Gasteiger partial charge in [0.15, 0.2) is 5.65 Å². The second kappa shape index (κ2) is 8.40. The molecule has 152 valence electrons. The second-order valence-corrected chi connectivity index (χ2v) is 7.04. The predicted octanol–water partition coefficient (Wildman–Crippen LogP) is 2.63. The number of carbonyl (C=O) groups excluding carboxylic acids is 1. The number of aromatic amines is 1. The van der Waals surface area contributed by atoms with E-state index in [0.717, 1.165) is 5.56 Å². The Labute approximate surface area is 167 Å². The van der Waals surface area contributed by atoms with Crippen LogP contribution in [0.2, 0.25) is 0 Å². The number of benzene rings is 1. The number of carbonyl (C=O) groups is 1. The summed E-state index contributed by atoms with van der Waals surface area (Å²) in [6.07, 6.45) is 0. The van der Waals surface area contributed by atoms with Gasteiger partial charge >= 0.3 is 5.69 Å². The number of H-pyrrole nitrogens is 1. The van der Waals surface area contributed by atoms with Crippen LogP contribution in [-0.2, 0) is 17.9 Å². The number of aromatic nitrogens is 3. The number of hydrogen-bond acceptors (Lipinski definition) is 5. The van der Waals surface area contributed by atoms with Gasteiger partial charge in [-0.2, -0.15) is 0 Å². The van der Waals surface area contributed by atoms with Crippen molar-refractivity contribution in [3.8, 4) is 0 Å². The number of hydrogen-bond donors (Lipinski definition) is 2. The number of aryl methyl sites for hydroxylation is 1. The number of fused-ring (bicyclic) bond motifs is 1. The van der Waals surface area contributed by atoms with Crippen molar-refractivity contribution in [3.05, 3.63) is 68.0 Å². The molecule has 8 heteroatoms. The molecule has 0 saturated heterocycles. The summed E-state index contributed by atoms with van der Waals surface area (Å²) in [6, 6.07) is 8.88. The van der Waals surface area contributed by atoms with Crippen molar-refractivity contribution in [1.82, 2.24) is 14.5 Å². The summed E-state index contributed by atoms with van der Waals surface area (Å²) in [6.45, 7) is 6.39. The van der Waals surface area contributed by atoms with Crippen molar-refractivity contribution in [3.63, 3.8) is 0 Å². The first kappa shape index (κ1) is 20.5. The SMILES string of the molecule is CCn1c(=O)[nH]c(=O)c2c(C(=O)Nc3cccc(COC)c3)cc(C(C)C)nc21. The Kier molecular flexibility index (Phi) is 5.93. The number of nitrogens with one attached hydrogen (secondary N) is 2. The van der Waals surface area contributed by atoms with Gasteiger partial charge in [0.05, 0.1) is 17.6 Å². The number of nitrogens with zero attached hydrogens (tertiary/aromatic N) is 2. The molecule has 8 nitrogen and oxygen atoms in total. The third-order valence-corrected chi connectivity index (χ3v) is 4.62. The molecule has 3 aromatic rings. The van der Waals surface area contributed by atoms with Gasteiger partial charge < -0.3 is 10.1 Å². The van der Waals surface area contributed by atoms with Crippen LogP contribution in [0.4, 0.5) is 5.69 Å². The van der Waals surface area contributed by atoms with E-state index in [9.17, 15) is 14.4 Å². The number of anilines is 1. The lowest BCUT2D eigenvalue weighted by atomic mass is 10.0. The lowest BCUT2D eigenvalue weighted by Crippen LogP contribution is -2.32. The molecule has 1 aromatic carbocycles. The normalized spacial score (nSPS) is 11.2. The fraction of sp³-hybridized carbons (Fsp3) is 0.333. The molecule has 0 spiro atoms. The third kappa shape index (κ3) is 4.12. The van der Waals surface area contributed by atoms with E-state index in [0.29, 0.717) is 24.5 Å². The number of ether oxygens (including phenoxy) is 1. The van der Waals surface area contributed by atoms with Crippen molar-refractivity contribution in [2.45, 2.75) is 39.8 Å². The van der Waals surface area contributed by atoms with Crippen LogP contribution >= 0.6 is 0 Å². The monoisotopic (exact) mass is 396 g/mol. The Hall–Kier alpha value is -3.26. The van der Waals surface area contributed by atoms with E-state index in [-0.39, 0.29) is 22.5 Å². The van der Waals surface area contributed by atoms with Gasteiger partial charge in [0, 0.05) is 25.0 Å². The zero-order valence-electron chi connectivity index (χ0n) is 16.9. The van der Waals surface area contributed by atoms with Gasteiger partial charge in [0.1, 0.15) is 0 Å². The summed E-state index contributed by atoms with van der Waals surface area (Å²) in [5, 5.41) is 2.93. The van der Waals surface area contributed by atoms with E-state index in [1.807, 2.05) is 26.0 Å². The fourth-order valence-electron chi connectivity index (χ4n) is 3.17. The minimum atomic E-state index is -0.629. The second-order valence-electron chi connectivity index (χ2n) is 7.04. The van der Waals surface area contributed by atoms with Crippen LogP contribution in [0.3, 0.4) is 0 Å². The van der Waals surface area contributed by atoms with Crippen molar-refractivity contribution in [1.29, 1.82) is 0 Å². The Morgan fingerprint density at radius 2 is 2.03 bits per heavy atom. The van der Waals surface area contributed by atoms with Crippen LogP contribution in [-0.4, -0.2) is 27.6 Å². The number of methoxy groups -OCH3 is 1. The van der Waals surface area contributed by atoms with E-state index in [1.165, 1.54) is 4.57 Å². The van der Waals surface area contributed by atoms with Crippen LogP contribution in [0.15, 0.2) is 39.9 Å². The van der Waals surface area contributed by atoms with E-state index >= 15 is 0 Å². The van der Waals surface area contributed by atoms with Gasteiger partial charge in [-0.3, -0.25) is 19.1 Å². The average molecular weight is 396 g/mol. The minimum absolute atomic E-state index is 0.00989. The number of pyridine rings is 1. The Morgan fingerprint density at radius 1 is 1.28 bits per heavy atom. The smallest absolute Gasteiger partial charge is 0.329 e. The van der Waals surface area contributed by atoms with Crippen molar-refractivity contribution < 1.29 is 9.53 Å². The summed E-state index contributed by atoms with van der Waals surface area (Å²) < 4.78 is 6.49. The van der Waals surface area contributed by atoms with Crippen molar-refractivity contribution in [2.24, 2.45) is 0 Å². The maximum Gasteiger partial charge on any atom is 0.329 e. The Bertz CT molecular complexity index is 1180. The summed E-state index contributed by atoms with van der Waals surface area (Å²) >= 11 is 0. The molecular formula is C21H24N4O4. The lowest BCUT2D eigenvalue weighted by molar-refractivity contribution is 0.102. The number of rotatable bonds is 6. The van der Waals surface area contributed by atoms with Crippen molar-refractivity contribution >= 4 is 22.6 Å². The molecule has 2 heterocycles. The molecule has 0 atom stereocenters. The van der Waals surface area contributed by atoms with E-state index < -0.39 is 17.2 Å². The first-order valence-electron chi connectivity index (χ1n) is 9.42. The zero-order valence-corrected chi connectivity index (χ0v) is 16.9. The summed E-state index contributed by atoms with van der Waals surface area (Å²) in [7, 11) is 1.60. The molecule has 2 N–H and O–H groups in total. The van der Waals surface area contributed by atoms with E-state index in [4.69, 9.17) is 4.74 Å². The number of amides is 1. The topological polar surface area (TPSA) is 106 Å². The maximum atomic E-state index is 13.1. The third-order valence-electron chi connectivity index (χ3n) is 4.62. The predicted molar refractivity (Wildman–Crippen MR) is 111 cm³/mol. The van der Waals surface area contributed by atoms with Crippen LogP contribution in [0.1, 0.15) is 48.3 Å². The summed E-state index contributed by atoms with van der Waals surface area (Å²) in [5.41, 5.74) is 1.34. The lowest BCUT2D eigenvalue weighted by Gasteiger charge is -2.14. The van der Waals surface area contributed by atoms with Gasteiger partial charge in [-0.1, -0.05) is 26.0 Å². The molecule has 0 fully saturated rings. The van der Waals surface area contributed by atoms with E-state index in [1.54, 1.807) is 32.2 Å². The molecule has 0 aliphatic rings. The van der Waals surface area contributed by atoms with E-state index in [2.05, 4.69) is 15.3 Å². The largest absolute Gasteiger partial charge is 0.380 e. The molecule has 3 rings (SSSR count). The summed E-state index contributed by atoms with van der Waals surface area (Å²) in [4.78, 5) is 44.6. The highest BCUT2D eigenvalue weighted by molar-refractivity contribution is 6.11. The van der Waals surface area contributed by atoms with Gasteiger partial charge in [-0.05, 0) is 36.6 Å². The van der Waals surface area contributed by atoms with Gasteiger partial charge in [-0.25, -0.2) is 9.78 Å². The van der Waals surface area contributed by atoms with Crippen LogP contribution < -0.4 is 16.6 Å². The standard InChI is InChI=1S/C21H24N4O4/c1-5-25-18-17(20(27)24-21(25)28)15(10-16(23-18)12(2)3)19(26)22-14-8-6-7-13(9-14)11-29-4/h6-10,12H,5,11H2,1-4H3,(H,22,26)(H,24,27,28). The highest BCUT2D eigenvalue weighted by Crippen LogP contribution is 2.21. The molecule has 0 saturated carbocycles. The van der Waals surface area contributed by atoms with Gasteiger partial charge in [-0.15, -0.1) is 0 Å². The maximum absolute atomic E-state index is 13.1. The first-order chi connectivity index (χ1) is 13.8. The highest BCUT2D eigenvalue weighted by atomic mass is 16.5. The van der Waals surface area contributed by atoms with Gasteiger partial charge in [0.25, 0.3) is 11.5 Å². The fourth-order valence-corrected chi connectivity index (χ4v) is 3.17. The zero-order chi connectivity index (χ0) is 21.1. The molecule has 0 unspecified atom stereocenters. The Morgan fingerprint density at radius 3 is 2.69 bits per heavy atom.